The van der Waals surface area contributed by atoms with Crippen molar-refractivity contribution >= 4 is 12.1 Å². The van der Waals surface area contributed by atoms with Gasteiger partial charge in [-0.05, 0) is 33.1 Å². The van der Waals surface area contributed by atoms with E-state index in [1.165, 1.54) is 6.92 Å². The molecule has 0 aliphatic rings. The van der Waals surface area contributed by atoms with Gasteiger partial charge in [-0.2, -0.15) is 4.58 Å². The standard InChI is InChI=1S/C10H18O4/c1-8(11)4-5-9(6-7-14-13)10(2,3)12/h7,9,12H,4-6H2,1-3H3. The molecule has 0 bridgehead atoms. The van der Waals surface area contributed by atoms with E-state index in [-0.39, 0.29) is 11.7 Å². The van der Waals surface area contributed by atoms with Crippen LogP contribution >= 0.6 is 0 Å². The molecule has 0 saturated carbocycles. The molecule has 0 radical (unpaired) electrons. The van der Waals surface area contributed by atoms with Crippen molar-refractivity contribution in [2.75, 3.05) is 0 Å². The van der Waals surface area contributed by atoms with Crippen molar-refractivity contribution in [1.29, 1.82) is 0 Å². The van der Waals surface area contributed by atoms with Crippen LogP contribution in [-0.2, 0) is 9.37 Å². The molecule has 0 fully saturated rings. The smallest absolute Gasteiger partial charge is 0.318 e. The van der Waals surface area contributed by atoms with Crippen molar-refractivity contribution in [2.45, 2.75) is 45.6 Å². The second-order valence-corrected chi connectivity index (χ2v) is 4.09. The van der Waals surface area contributed by atoms with Gasteiger partial charge in [-0.3, -0.25) is 0 Å². The summed E-state index contributed by atoms with van der Waals surface area (Å²) in [6.07, 6.45) is 2.46. The van der Waals surface area contributed by atoms with E-state index in [4.69, 9.17) is 0 Å². The predicted octanol–water partition coefficient (Wildman–Crippen LogP) is 0.143. The molecule has 4 nitrogen and oxygen atoms in total. The first-order valence-electron chi connectivity index (χ1n) is 4.70. The molecule has 0 spiro atoms. The third kappa shape index (κ3) is 5.70. The summed E-state index contributed by atoms with van der Waals surface area (Å²) in [7, 11) is 0. The van der Waals surface area contributed by atoms with Crippen LogP contribution in [0.4, 0.5) is 0 Å². The van der Waals surface area contributed by atoms with Gasteiger partial charge in [0.2, 0.25) is 0 Å². The van der Waals surface area contributed by atoms with Gasteiger partial charge in [0.25, 0.3) is 0 Å². The van der Waals surface area contributed by atoms with E-state index in [0.717, 1.165) is 6.29 Å². The maximum absolute atomic E-state index is 10.8. The number of carbonyl (C=O) groups excluding carboxylic acids is 2. The van der Waals surface area contributed by atoms with E-state index in [1.54, 1.807) is 13.8 Å². The lowest BCUT2D eigenvalue weighted by molar-refractivity contribution is -1.04. The van der Waals surface area contributed by atoms with Crippen LogP contribution in [-0.4, -0.2) is 22.8 Å². The Morgan fingerprint density at radius 2 is 2.21 bits per heavy atom. The Bertz CT molecular complexity index is 203. The van der Waals surface area contributed by atoms with E-state index >= 15 is 0 Å². The lowest BCUT2D eigenvalue weighted by Gasteiger charge is -2.26. The molecule has 0 saturated heterocycles. The van der Waals surface area contributed by atoms with E-state index in [1.807, 2.05) is 0 Å². The molecular weight excluding hydrogens is 184 g/mol. The monoisotopic (exact) mass is 202 g/mol. The van der Waals surface area contributed by atoms with Crippen molar-refractivity contribution < 1.29 is 19.7 Å². The van der Waals surface area contributed by atoms with E-state index < -0.39 is 5.60 Å². The van der Waals surface area contributed by atoms with Gasteiger partial charge in [0, 0.05) is 6.42 Å². The van der Waals surface area contributed by atoms with Crippen LogP contribution in [0, 0.1) is 5.92 Å². The minimum Gasteiger partial charge on any atom is -0.463 e. The molecule has 14 heavy (non-hydrogen) atoms. The molecule has 1 atom stereocenters. The van der Waals surface area contributed by atoms with Gasteiger partial charge >= 0.3 is 6.29 Å². The van der Waals surface area contributed by atoms with Crippen LogP contribution in [0.25, 0.3) is 0 Å². The first-order chi connectivity index (χ1) is 6.38. The molecule has 4 heteroatoms. The summed E-state index contributed by atoms with van der Waals surface area (Å²) in [5.41, 5.74) is -0.898. The first kappa shape index (κ1) is 13.1. The van der Waals surface area contributed by atoms with Crippen molar-refractivity contribution in [3.8, 4) is 0 Å². The van der Waals surface area contributed by atoms with Crippen molar-refractivity contribution in [1.82, 2.24) is 0 Å². The van der Waals surface area contributed by atoms with Gasteiger partial charge in [0.05, 0.1) is 12.0 Å². The van der Waals surface area contributed by atoms with Crippen LogP contribution in [0.5, 0.6) is 0 Å². The molecule has 0 aliphatic carbocycles. The number of carbonyl (C=O) groups is 1. The topological polar surface area (TPSA) is 71.7 Å². The molecule has 0 amide bonds. The Kier molecular flexibility index (Phi) is 5.38. The number of ketones is 1. The zero-order valence-electron chi connectivity index (χ0n) is 8.95. The highest BCUT2D eigenvalue weighted by Gasteiger charge is 2.27. The average Bonchev–Trinajstić information content (AvgIpc) is 2.01. The minimum absolute atomic E-state index is 0.0855. The highest BCUT2D eigenvalue weighted by Crippen LogP contribution is 2.24. The molecule has 0 aromatic rings. The third-order valence-corrected chi connectivity index (χ3v) is 2.29. The number of rotatable bonds is 6. The van der Waals surface area contributed by atoms with Crippen LogP contribution in [0.15, 0.2) is 0 Å². The second kappa shape index (κ2) is 5.75. The number of hydrogen-bond donors (Lipinski definition) is 1. The summed E-state index contributed by atoms with van der Waals surface area (Å²) < 4.78 is 3.60. The fourth-order valence-corrected chi connectivity index (χ4v) is 1.29. The zero-order valence-corrected chi connectivity index (χ0v) is 8.95. The third-order valence-electron chi connectivity index (χ3n) is 2.29. The highest BCUT2D eigenvalue weighted by atomic mass is 17.1. The summed E-state index contributed by atoms with van der Waals surface area (Å²) in [6.45, 7) is 4.84. The summed E-state index contributed by atoms with van der Waals surface area (Å²) in [6, 6.07) is 0. The van der Waals surface area contributed by atoms with Gasteiger partial charge in [-0.25, -0.2) is 0 Å². The first-order valence-corrected chi connectivity index (χ1v) is 4.70. The molecule has 0 aliphatic heterocycles. The van der Waals surface area contributed by atoms with Crippen LogP contribution < -0.4 is 5.26 Å². The SMILES string of the molecule is CC(=O)CCC(CC=[O+][O-])C(C)(C)O. The molecule has 0 aromatic carbocycles. The van der Waals surface area contributed by atoms with Gasteiger partial charge < -0.3 is 15.2 Å². The highest BCUT2D eigenvalue weighted by molar-refractivity contribution is 5.75. The Labute approximate surface area is 84.2 Å². The molecule has 1 N–H and O–H groups in total. The fourth-order valence-electron chi connectivity index (χ4n) is 1.29. The van der Waals surface area contributed by atoms with E-state index in [0.29, 0.717) is 19.3 Å². The predicted molar refractivity (Wildman–Crippen MR) is 50.4 cm³/mol. The normalized spacial score (nSPS) is 14.6. The second-order valence-electron chi connectivity index (χ2n) is 4.09. The van der Waals surface area contributed by atoms with Gasteiger partial charge in [0.1, 0.15) is 5.78 Å². The molecule has 0 heterocycles. The lowest BCUT2D eigenvalue weighted by Crippen LogP contribution is -2.31. The van der Waals surface area contributed by atoms with Gasteiger partial charge in [-0.15, -0.1) is 0 Å². The van der Waals surface area contributed by atoms with Gasteiger partial charge in [-0.1, -0.05) is 0 Å². The van der Waals surface area contributed by atoms with Gasteiger partial charge in [0.15, 0.2) is 0 Å². The quantitative estimate of drug-likeness (QED) is 0.288. The molecule has 0 rings (SSSR count). The Morgan fingerprint density at radius 3 is 2.57 bits per heavy atom. The zero-order chi connectivity index (χ0) is 11.2. The Balaban J connectivity index is 4.18. The Morgan fingerprint density at radius 1 is 1.64 bits per heavy atom. The lowest BCUT2D eigenvalue weighted by atomic mass is 9.84. The minimum atomic E-state index is -0.898. The van der Waals surface area contributed by atoms with E-state index in [9.17, 15) is 15.2 Å². The van der Waals surface area contributed by atoms with Crippen molar-refractivity contribution in [3.63, 3.8) is 0 Å². The van der Waals surface area contributed by atoms with Crippen molar-refractivity contribution in [2.24, 2.45) is 5.92 Å². The summed E-state index contributed by atoms with van der Waals surface area (Å²) >= 11 is 0. The number of hydrogen-bond acceptors (Lipinski definition) is 3. The van der Waals surface area contributed by atoms with Crippen LogP contribution in [0.2, 0.25) is 0 Å². The Hall–Kier alpha value is -0.900. The fraction of sp³-hybridized carbons (Fsp3) is 0.800. The summed E-state index contributed by atoms with van der Waals surface area (Å²) in [5.74, 6) is -0.0392. The van der Waals surface area contributed by atoms with Crippen LogP contribution in [0.1, 0.15) is 40.0 Å². The average molecular weight is 202 g/mol. The number of Topliss-reactive ketones (excluding diaryl/α,β-unsaturated/α-hetero) is 1. The molecule has 1 unspecified atom stereocenters. The molecular formula is C10H18O4. The largest absolute Gasteiger partial charge is 0.463 e. The summed E-state index contributed by atoms with van der Waals surface area (Å²) in [5, 5.41) is 19.5. The number of aldehydes is 1. The van der Waals surface area contributed by atoms with Crippen molar-refractivity contribution in [3.05, 3.63) is 0 Å². The summed E-state index contributed by atoms with van der Waals surface area (Å²) in [4.78, 5) is 10.8. The van der Waals surface area contributed by atoms with Crippen LogP contribution in [0.3, 0.4) is 0 Å². The molecule has 82 valence electrons. The maximum Gasteiger partial charge on any atom is 0.318 e. The van der Waals surface area contributed by atoms with E-state index in [2.05, 4.69) is 4.58 Å². The maximum atomic E-state index is 10.8. The molecule has 0 aromatic heterocycles. The number of aliphatic hydroxyl groups is 1.